The molecule has 1 unspecified atom stereocenters. The Hall–Kier alpha value is -12.4. The minimum absolute atomic E-state index is 0.00168. The zero-order valence-corrected chi connectivity index (χ0v) is 68.1. The molecule has 1 aromatic heterocycles. The minimum Gasteiger partial charge on any atom is -0.394 e. The maximum atomic E-state index is 15.5. The molecule has 35 heteroatoms. The molecular formula is C84H107ClN18O16. The summed E-state index contributed by atoms with van der Waals surface area (Å²) in [5.41, 5.74) is 13.8. The van der Waals surface area contributed by atoms with Crippen LogP contribution in [0.2, 0.25) is 5.02 Å². The summed E-state index contributed by atoms with van der Waals surface area (Å²) in [6.45, 7) is 9.99. The van der Waals surface area contributed by atoms with Gasteiger partial charge in [-0.3, -0.25) is 72.6 Å². The number of pyridine rings is 1. The molecule has 0 saturated carbocycles. The lowest BCUT2D eigenvalue weighted by Gasteiger charge is -2.31. The molecule has 8 rings (SSSR count). The highest BCUT2D eigenvalue weighted by Gasteiger charge is 2.41. The number of carbonyl (C=O) groups excluding carboxylic acids is 15. The second-order valence-corrected chi connectivity index (χ2v) is 30.9. The summed E-state index contributed by atoms with van der Waals surface area (Å²) < 4.78 is 0. The van der Waals surface area contributed by atoms with Gasteiger partial charge in [0.15, 0.2) is 0 Å². The first-order valence-electron chi connectivity index (χ1n) is 39.7. The Kier molecular flexibility index (Phi) is 35.1. The molecule has 2 fully saturated rings. The summed E-state index contributed by atoms with van der Waals surface area (Å²) in [5.74, 6) is -10.6. The highest BCUT2D eigenvalue weighted by Crippen LogP contribution is 2.24. The summed E-state index contributed by atoms with van der Waals surface area (Å²) >= 11 is 6.23. The van der Waals surface area contributed by atoms with Gasteiger partial charge < -0.3 is 90.6 Å². The van der Waals surface area contributed by atoms with Crippen LogP contribution in [0.5, 0.6) is 0 Å². The monoisotopic (exact) mass is 1660 g/mol. The molecule has 0 radical (unpaired) electrons. The lowest BCUT2D eigenvalue weighted by Crippen LogP contribution is -2.61. The van der Waals surface area contributed by atoms with Gasteiger partial charge in [0.05, 0.1) is 13.0 Å². The quantitative estimate of drug-likeness (QED) is 0.0244. The van der Waals surface area contributed by atoms with Crippen LogP contribution in [-0.4, -0.2) is 196 Å². The average Bonchev–Trinajstić information content (AvgIpc) is 1.82. The summed E-state index contributed by atoms with van der Waals surface area (Å²) in [7, 11) is 0. The number of aryl methyl sites for hydroxylation is 1. The smallest absolute Gasteiger partial charge is 0.322 e. The van der Waals surface area contributed by atoms with Crippen molar-refractivity contribution >= 4 is 123 Å². The Balaban J connectivity index is 1.10. The fraction of sp³-hybridized carbons (Fsp3) is 0.429. The number of nitrogens with zero attached hydrogens (tertiary/aromatic N) is 2. The van der Waals surface area contributed by atoms with E-state index in [0.29, 0.717) is 53.9 Å². The van der Waals surface area contributed by atoms with Gasteiger partial charge in [-0.2, -0.15) is 0 Å². The number of rotatable bonds is 43. The fourth-order valence-corrected chi connectivity index (χ4v) is 13.7. The number of likely N-dealkylation sites (tertiary alicyclic amines) is 1. The van der Waals surface area contributed by atoms with E-state index in [9.17, 15) is 48.3 Å². The maximum absolute atomic E-state index is 15.5. The Morgan fingerprint density at radius 1 is 0.529 bits per heavy atom. The second kappa shape index (κ2) is 45.3. The number of anilines is 2. The Bertz CT molecular complexity index is 4560. The number of aliphatic hydroxyl groups excluding tert-OH is 1. The van der Waals surface area contributed by atoms with Gasteiger partial charge in [-0.25, -0.2) is 9.59 Å². The van der Waals surface area contributed by atoms with Crippen molar-refractivity contribution in [1.29, 1.82) is 0 Å². The number of imide groups is 1. The number of fused-ring (bicyclic) bond motifs is 1. The molecule has 2 aliphatic rings. The SMILES string of the molecule is CC(=O)N[C@H](Cc1ccc2ccccc2c1)C(=O)N[C@H](CCc1ccc(Cl)cc1)C(=O)N[C@H](Cc1cccnc1)C(=O)N[C@@H](CO)C(=O)N[C@@H](Cc1ccc(NC(=O)[C@@H]2CC(=O)NC(=O)N2)cc1)C(=O)NC(Cc1ccc(NC(N)=O)cc1)C(=O)N[C@@H](CCC(C)C)C(=O)N[C@@H](CCCCNC(C)C)C(=O)N1CCC[C@H]1C(=O)N[C@H](C)C(N)=O. The van der Waals surface area contributed by atoms with Crippen LogP contribution in [0.25, 0.3) is 10.8 Å². The van der Waals surface area contributed by atoms with E-state index in [1.54, 1.807) is 36.4 Å². The number of unbranched alkanes of at least 4 members (excludes halogenated alkanes) is 1. The normalized spacial score (nSPS) is 16.1. The first kappa shape index (κ1) is 92.1. The molecule has 2 saturated heterocycles. The molecular weight excluding hydrogens is 1550 g/mol. The fourth-order valence-electron chi connectivity index (χ4n) is 13.6. The van der Waals surface area contributed by atoms with Crippen LogP contribution in [-0.2, 0) is 94.4 Å². The van der Waals surface area contributed by atoms with Gasteiger partial charge in [0, 0.05) is 74.0 Å². The van der Waals surface area contributed by atoms with Crippen LogP contribution < -0.4 is 85.9 Å². The lowest BCUT2D eigenvalue weighted by molar-refractivity contribution is -0.142. The number of carbonyl (C=O) groups is 15. The van der Waals surface area contributed by atoms with E-state index in [4.69, 9.17) is 23.1 Å². The van der Waals surface area contributed by atoms with E-state index >= 15 is 28.8 Å². The van der Waals surface area contributed by atoms with Gasteiger partial charge in [-0.1, -0.05) is 124 Å². The summed E-state index contributed by atoms with van der Waals surface area (Å²) in [5, 5.41) is 50.7. The van der Waals surface area contributed by atoms with Crippen LogP contribution in [0.1, 0.15) is 127 Å². The van der Waals surface area contributed by atoms with Crippen LogP contribution in [0, 0.1) is 5.92 Å². The molecule has 5 aromatic carbocycles. The molecule has 2 aliphatic heterocycles. The van der Waals surface area contributed by atoms with Crippen LogP contribution in [0.3, 0.4) is 0 Å². The molecule has 34 nitrogen and oxygen atoms in total. The van der Waals surface area contributed by atoms with E-state index in [-0.39, 0.29) is 93.2 Å². The van der Waals surface area contributed by atoms with Crippen molar-refractivity contribution in [3.8, 4) is 0 Å². The van der Waals surface area contributed by atoms with Crippen molar-refractivity contribution in [2.45, 2.75) is 204 Å². The summed E-state index contributed by atoms with van der Waals surface area (Å²) in [4.78, 5) is 214. The van der Waals surface area contributed by atoms with E-state index in [1.807, 2.05) is 70.2 Å². The van der Waals surface area contributed by atoms with E-state index in [1.165, 1.54) is 79.7 Å². The third kappa shape index (κ3) is 29.6. The number of hydrogen-bond acceptors (Lipinski definition) is 18. The molecule has 636 valence electrons. The molecule has 3 heterocycles. The molecule has 11 atom stereocenters. The molecule has 0 bridgehead atoms. The standard InChI is InChI=1S/C84H107ClN18O16/c1-47(2)18-34-61(73(108)96-63(16-9-10-37-89-48(3)4)82(117)103-38-12-17-70(103)81(116)90-49(5)72(86)107)94-77(112)65(40-53-24-32-60(33-25-53)93-83(87)118)98-78(113)66(41-52-22-30-59(31-23-52)92-75(110)68-44-71(106)102-84(119)101-68)99-80(115)69(46-104)100-79(114)67(43-55-13-11-36-88-45-55)97-74(109)62(35-26-51-20-28-58(85)29-21-51)95-76(111)64(91-50(6)105)42-54-19-27-56-14-7-8-15-57(56)39-54/h7-8,11,13-15,19-25,27-33,36,39,45,47-49,61-70,89,104H,9-10,12,16-18,26,34-35,37-38,40-44,46H2,1-6H3,(H2,86,107)(H,90,116)(H,91,105)(H,92,110)(H,94,112)(H,95,111)(H,96,108)(H,97,109)(H,98,113)(H,99,115)(H,100,114)(H3,87,93,118)(H2,101,102,106,119)/t49-,61+,62-,63+,64-,65?,66+,67-,68+,69+,70+/m1/s1. The van der Waals surface area contributed by atoms with Crippen molar-refractivity contribution in [2.24, 2.45) is 17.4 Å². The first-order valence-corrected chi connectivity index (χ1v) is 40.1. The van der Waals surface area contributed by atoms with Crippen molar-refractivity contribution < 1.29 is 77.0 Å². The number of primary amides is 2. The summed E-state index contributed by atoms with van der Waals surface area (Å²) in [6, 6.07) is 17.9. The largest absolute Gasteiger partial charge is 0.394 e. The molecule has 19 N–H and O–H groups in total. The van der Waals surface area contributed by atoms with Crippen LogP contribution in [0.15, 0.2) is 140 Å². The molecule has 6 aromatic rings. The summed E-state index contributed by atoms with van der Waals surface area (Å²) in [6.07, 6.45) is 3.77. The predicted octanol–water partition coefficient (Wildman–Crippen LogP) is 2.29. The number of benzene rings is 5. The molecule has 17 amide bonds. The predicted molar refractivity (Wildman–Crippen MR) is 443 cm³/mol. The van der Waals surface area contributed by atoms with Crippen molar-refractivity contribution in [2.75, 3.05) is 30.3 Å². The number of aromatic nitrogens is 1. The molecule has 0 aliphatic carbocycles. The Labute approximate surface area is 694 Å². The number of nitrogens with two attached hydrogens (primary N) is 2. The van der Waals surface area contributed by atoms with Gasteiger partial charge in [0.25, 0.3) is 0 Å². The zero-order valence-electron chi connectivity index (χ0n) is 67.3. The lowest BCUT2D eigenvalue weighted by atomic mass is 9.99. The van der Waals surface area contributed by atoms with Gasteiger partial charge in [0.1, 0.15) is 66.5 Å². The average molecular weight is 1660 g/mol. The van der Waals surface area contributed by atoms with Crippen molar-refractivity contribution in [3.05, 3.63) is 173 Å². The van der Waals surface area contributed by atoms with Gasteiger partial charge in [-0.15, -0.1) is 0 Å². The second-order valence-electron chi connectivity index (χ2n) is 30.4. The zero-order chi connectivity index (χ0) is 86.4. The number of halogens is 1. The number of amides is 17. The van der Waals surface area contributed by atoms with Gasteiger partial charge in [-0.05, 0) is 158 Å². The number of nitrogens with one attached hydrogen (secondary N) is 14. The Morgan fingerprint density at radius 3 is 1.59 bits per heavy atom. The van der Waals surface area contributed by atoms with E-state index in [0.717, 1.165) is 16.3 Å². The van der Waals surface area contributed by atoms with Crippen LogP contribution in [0.4, 0.5) is 21.0 Å². The van der Waals surface area contributed by atoms with E-state index < -0.39 is 168 Å². The van der Waals surface area contributed by atoms with Gasteiger partial charge in [0.2, 0.25) is 76.8 Å². The topological polar surface area (TPSA) is 513 Å². The molecule has 119 heavy (non-hydrogen) atoms. The number of aliphatic hydroxyl groups is 1. The van der Waals surface area contributed by atoms with Crippen molar-refractivity contribution in [3.63, 3.8) is 0 Å². The first-order chi connectivity index (χ1) is 56.8. The third-order valence-electron chi connectivity index (χ3n) is 20.1. The maximum Gasteiger partial charge on any atom is 0.322 e. The van der Waals surface area contributed by atoms with E-state index in [2.05, 4.69) is 79.4 Å². The van der Waals surface area contributed by atoms with Gasteiger partial charge >= 0.3 is 12.1 Å². The number of urea groups is 2. The number of hydrogen-bond donors (Lipinski definition) is 17. The molecule has 0 spiro atoms. The Morgan fingerprint density at radius 2 is 1.04 bits per heavy atom. The highest BCUT2D eigenvalue weighted by molar-refractivity contribution is 6.30. The van der Waals surface area contributed by atoms with Crippen molar-refractivity contribution in [1.82, 2.24) is 73.7 Å². The third-order valence-corrected chi connectivity index (χ3v) is 20.3. The van der Waals surface area contributed by atoms with Crippen LogP contribution >= 0.6 is 11.6 Å². The highest BCUT2D eigenvalue weighted by atomic mass is 35.5. The minimum atomic E-state index is -1.92.